The predicted octanol–water partition coefficient (Wildman–Crippen LogP) is 5.20. The lowest BCUT2D eigenvalue weighted by Gasteiger charge is -2.37. The summed E-state index contributed by atoms with van der Waals surface area (Å²) in [5.41, 5.74) is 0.214. The molecule has 12 nitrogen and oxygen atoms in total. The van der Waals surface area contributed by atoms with Crippen molar-refractivity contribution in [2.75, 3.05) is 42.5 Å². The van der Waals surface area contributed by atoms with Crippen LogP contribution in [0.2, 0.25) is 0 Å². The number of rotatable bonds is 8. The SMILES string of the molecule is CCN(C(=O)c1cnc(N2C[C@H](NC(=O)OC(C)(C)C)[C@@H](c3cc(C)c(F)cc3F)C2)nc1)C1CCN(c2nc(C(C)C)no2)CC1. The third kappa shape index (κ3) is 7.79. The van der Waals surface area contributed by atoms with Gasteiger partial charge in [0.05, 0.1) is 11.6 Å². The summed E-state index contributed by atoms with van der Waals surface area (Å²) in [5.74, 6) is -0.844. The van der Waals surface area contributed by atoms with E-state index in [4.69, 9.17) is 9.26 Å². The lowest BCUT2D eigenvalue weighted by molar-refractivity contribution is 0.0504. The quantitative estimate of drug-likeness (QED) is 0.346. The van der Waals surface area contributed by atoms with E-state index in [9.17, 15) is 14.0 Å². The molecule has 47 heavy (non-hydrogen) atoms. The Labute approximate surface area is 273 Å². The maximum Gasteiger partial charge on any atom is 0.407 e. The Balaban J connectivity index is 1.27. The largest absolute Gasteiger partial charge is 0.444 e. The molecule has 3 aromatic rings. The van der Waals surface area contributed by atoms with Gasteiger partial charge in [-0.1, -0.05) is 19.0 Å². The van der Waals surface area contributed by atoms with E-state index < -0.39 is 35.3 Å². The number of piperidine rings is 1. The molecule has 2 fully saturated rings. The molecule has 2 saturated heterocycles. The lowest BCUT2D eigenvalue weighted by Crippen LogP contribution is -2.47. The molecule has 0 spiro atoms. The second-order valence-corrected chi connectivity index (χ2v) is 13.6. The van der Waals surface area contributed by atoms with Crippen molar-refractivity contribution in [3.8, 4) is 0 Å². The molecular weight excluding hydrogens is 610 g/mol. The summed E-state index contributed by atoms with van der Waals surface area (Å²) in [6.07, 6.45) is 3.86. The van der Waals surface area contributed by atoms with E-state index >= 15 is 4.39 Å². The number of aryl methyl sites for hydroxylation is 1. The Hall–Kier alpha value is -4.36. The van der Waals surface area contributed by atoms with Gasteiger partial charge in [0, 0.05) is 69.1 Å². The molecule has 1 N–H and O–H groups in total. The average Bonchev–Trinajstić information content (AvgIpc) is 3.67. The highest BCUT2D eigenvalue weighted by atomic mass is 19.1. The van der Waals surface area contributed by atoms with Gasteiger partial charge in [-0.15, -0.1) is 0 Å². The molecule has 2 atom stereocenters. The van der Waals surface area contributed by atoms with Gasteiger partial charge in [-0.25, -0.2) is 23.5 Å². The van der Waals surface area contributed by atoms with E-state index in [1.165, 1.54) is 18.5 Å². The van der Waals surface area contributed by atoms with Crippen LogP contribution in [-0.2, 0) is 4.74 Å². The Kier molecular flexibility index (Phi) is 9.97. The number of amides is 2. The van der Waals surface area contributed by atoms with Crippen molar-refractivity contribution < 1.29 is 27.6 Å². The van der Waals surface area contributed by atoms with Crippen molar-refractivity contribution in [2.24, 2.45) is 0 Å². The van der Waals surface area contributed by atoms with Crippen molar-refractivity contribution in [1.29, 1.82) is 0 Å². The van der Waals surface area contributed by atoms with E-state index in [1.54, 1.807) is 27.7 Å². The number of carbonyl (C=O) groups is 2. The molecular formula is C33H44F2N8O4. The molecule has 0 saturated carbocycles. The highest BCUT2D eigenvalue weighted by Crippen LogP contribution is 2.33. The predicted molar refractivity (Wildman–Crippen MR) is 172 cm³/mol. The fourth-order valence-electron chi connectivity index (χ4n) is 6.14. The summed E-state index contributed by atoms with van der Waals surface area (Å²) in [6, 6.07) is 2.31. The van der Waals surface area contributed by atoms with Gasteiger partial charge >= 0.3 is 12.1 Å². The molecule has 2 aliphatic heterocycles. The minimum atomic E-state index is -0.726. The van der Waals surface area contributed by atoms with Gasteiger partial charge in [0.1, 0.15) is 17.2 Å². The number of halogens is 2. The molecule has 2 aromatic heterocycles. The second-order valence-electron chi connectivity index (χ2n) is 13.6. The molecule has 14 heteroatoms. The Morgan fingerprint density at radius 3 is 2.36 bits per heavy atom. The fraction of sp³-hybridized carbons (Fsp3) is 0.576. The van der Waals surface area contributed by atoms with Crippen LogP contribution in [0, 0.1) is 18.6 Å². The average molecular weight is 655 g/mol. The molecule has 4 heterocycles. The molecule has 0 aliphatic carbocycles. The van der Waals surface area contributed by atoms with E-state index in [0.717, 1.165) is 18.9 Å². The zero-order valence-corrected chi connectivity index (χ0v) is 28.1. The summed E-state index contributed by atoms with van der Waals surface area (Å²) >= 11 is 0. The van der Waals surface area contributed by atoms with E-state index in [-0.39, 0.29) is 36.5 Å². The maximum atomic E-state index is 15.0. The maximum absolute atomic E-state index is 15.0. The van der Waals surface area contributed by atoms with Gasteiger partial charge in [0.15, 0.2) is 5.82 Å². The first-order chi connectivity index (χ1) is 22.2. The van der Waals surface area contributed by atoms with E-state index in [0.29, 0.717) is 48.5 Å². The van der Waals surface area contributed by atoms with Crippen LogP contribution in [0.4, 0.5) is 25.5 Å². The molecule has 2 aliphatic rings. The van der Waals surface area contributed by atoms with Crippen LogP contribution in [0.1, 0.15) is 93.5 Å². The highest BCUT2D eigenvalue weighted by molar-refractivity contribution is 5.94. The minimum absolute atomic E-state index is 0.0315. The van der Waals surface area contributed by atoms with Gasteiger partial charge in [0.2, 0.25) is 5.95 Å². The second kappa shape index (κ2) is 13.8. The number of alkyl carbamates (subject to hydrolysis) is 1. The van der Waals surface area contributed by atoms with Crippen LogP contribution in [0.5, 0.6) is 0 Å². The first-order valence-electron chi connectivity index (χ1n) is 16.2. The number of nitrogens with one attached hydrogen (secondary N) is 1. The molecule has 1 aromatic carbocycles. The first kappa shape index (κ1) is 34.0. The lowest BCUT2D eigenvalue weighted by atomic mass is 9.92. The van der Waals surface area contributed by atoms with Crippen molar-refractivity contribution in [3.05, 3.63) is 58.7 Å². The zero-order chi connectivity index (χ0) is 34.0. The number of nitrogens with zero attached hydrogens (tertiary/aromatic N) is 7. The zero-order valence-electron chi connectivity index (χ0n) is 28.1. The van der Waals surface area contributed by atoms with Crippen LogP contribution in [0.3, 0.4) is 0 Å². The minimum Gasteiger partial charge on any atom is -0.444 e. The Morgan fingerprint density at radius 1 is 1.09 bits per heavy atom. The van der Waals surface area contributed by atoms with E-state index in [1.807, 2.05) is 30.6 Å². The van der Waals surface area contributed by atoms with Crippen LogP contribution in [-0.4, -0.2) is 87.4 Å². The third-order valence-electron chi connectivity index (χ3n) is 8.59. The monoisotopic (exact) mass is 654 g/mol. The number of carbonyl (C=O) groups excluding carboxylic acids is 2. The summed E-state index contributed by atoms with van der Waals surface area (Å²) in [6.45, 7) is 15.2. The number of ether oxygens (including phenoxy) is 1. The van der Waals surface area contributed by atoms with Crippen molar-refractivity contribution in [2.45, 2.75) is 90.8 Å². The Bertz CT molecular complexity index is 1570. The summed E-state index contributed by atoms with van der Waals surface area (Å²) < 4.78 is 40.0. The van der Waals surface area contributed by atoms with Crippen LogP contribution in [0.15, 0.2) is 29.0 Å². The van der Waals surface area contributed by atoms with Crippen molar-refractivity contribution >= 4 is 24.0 Å². The molecule has 5 rings (SSSR count). The Morgan fingerprint density at radius 2 is 1.77 bits per heavy atom. The van der Waals surface area contributed by atoms with Gasteiger partial charge < -0.3 is 29.3 Å². The molecule has 0 bridgehead atoms. The van der Waals surface area contributed by atoms with Gasteiger partial charge in [-0.05, 0) is 64.7 Å². The topological polar surface area (TPSA) is 130 Å². The van der Waals surface area contributed by atoms with Crippen LogP contribution in [0.25, 0.3) is 0 Å². The van der Waals surface area contributed by atoms with Crippen molar-refractivity contribution in [1.82, 2.24) is 30.3 Å². The van der Waals surface area contributed by atoms with Gasteiger partial charge in [0.25, 0.3) is 5.91 Å². The van der Waals surface area contributed by atoms with Crippen LogP contribution < -0.4 is 15.1 Å². The summed E-state index contributed by atoms with van der Waals surface area (Å²) in [7, 11) is 0. The number of hydrogen-bond acceptors (Lipinski definition) is 10. The number of anilines is 2. The smallest absolute Gasteiger partial charge is 0.407 e. The fourth-order valence-corrected chi connectivity index (χ4v) is 6.14. The molecule has 0 unspecified atom stereocenters. The summed E-state index contributed by atoms with van der Waals surface area (Å²) in [4.78, 5) is 45.5. The van der Waals surface area contributed by atoms with E-state index in [2.05, 4.69) is 30.3 Å². The molecule has 2 amide bonds. The van der Waals surface area contributed by atoms with Crippen molar-refractivity contribution in [3.63, 3.8) is 0 Å². The normalized spacial score (nSPS) is 18.9. The first-order valence-corrected chi connectivity index (χ1v) is 16.2. The standard InChI is InChI=1S/C33H44F2N8O4/c1-8-43(22-9-11-41(12-10-22)31-39-28(19(2)3)40-47-31)29(44)21-15-36-30(37-16-21)42-17-24(23-13-20(4)25(34)14-26(23)35)27(18-42)38-32(45)46-33(5,6)7/h13-16,19,22,24,27H,8-12,17-18H2,1-7H3,(H,38,45)/t24-,27+/m1/s1. The molecule has 0 radical (unpaired) electrons. The summed E-state index contributed by atoms with van der Waals surface area (Å²) in [5, 5.41) is 6.92. The van der Waals surface area contributed by atoms with Gasteiger partial charge in [-0.3, -0.25) is 4.79 Å². The highest BCUT2D eigenvalue weighted by Gasteiger charge is 2.39. The number of hydrogen-bond donors (Lipinski definition) is 1. The molecule has 254 valence electrons. The number of benzene rings is 1. The number of aromatic nitrogens is 4. The van der Waals surface area contributed by atoms with Crippen LogP contribution >= 0.6 is 0 Å². The third-order valence-corrected chi connectivity index (χ3v) is 8.59. The van der Waals surface area contributed by atoms with Gasteiger partial charge in [-0.2, -0.15) is 4.98 Å².